The van der Waals surface area contributed by atoms with Crippen LogP contribution in [0.4, 0.5) is 5.82 Å². The molecule has 0 radical (unpaired) electrons. The van der Waals surface area contributed by atoms with Gasteiger partial charge in [0.15, 0.2) is 11.0 Å². The van der Waals surface area contributed by atoms with E-state index in [2.05, 4.69) is 14.7 Å². The molecule has 0 aliphatic carbocycles. The summed E-state index contributed by atoms with van der Waals surface area (Å²) < 4.78 is 31.5. The predicted octanol–water partition coefficient (Wildman–Crippen LogP) is 2.45. The minimum atomic E-state index is -3.58. The fourth-order valence-electron chi connectivity index (χ4n) is 1.64. The van der Waals surface area contributed by atoms with Gasteiger partial charge in [0.2, 0.25) is 10.0 Å². The lowest BCUT2D eigenvalue weighted by molar-refractivity contribution is 0.0913. The summed E-state index contributed by atoms with van der Waals surface area (Å²) in [6, 6.07) is 7.08. The second kappa shape index (κ2) is 6.55. The maximum absolute atomic E-state index is 12.0. The van der Waals surface area contributed by atoms with Crippen molar-refractivity contribution in [1.82, 2.24) is 9.97 Å². The summed E-state index contributed by atoms with van der Waals surface area (Å²) in [6.07, 6.45) is -0.0238. The van der Waals surface area contributed by atoms with Crippen LogP contribution >= 0.6 is 11.6 Å². The van der Waals surface area contributed by atoms with E-state index in [1.165, 1.54) is 0 Å². The van der Waals surface area contributed by atoms with Crippen LogP contribution in [0.5, 0.6) is 0 Å². The number of hydrogen-bond acceptors (Lipinski definition) is 5. The molecule has 1 aromatic heterocycles. The number of nitrogens with one attached hydrogen (secondary N) is 1. The number of aromatic nitrogens is 2. The molecule has 2 aromatic rings. The second-order valence-corrected chi connectivity index (χ2v) is 6.89. The van der Waals surface area contributed by atoms with Crippen LogP contribution in [-0.2, 0) is 14.8 Å². The highest BCUT2D eigenvalue weighted by atomic mass is 35.5. The number of sulfonamides is 1. The summed E-state index contributed by atoms with van der Waals surface area (Å²) in [6.45, 7) is 3.78. The average molecular weight is 330 g/mol. The second-order valence-electron chi connectivity index (χ2n) is 4.69. The molecular formula is C13H16ClN3O3S. The zero-order valence-corrected chi connectivity index (χ0v) is 13.3. The van der Waals surface area contributed by atoms with E-state index in [1.807, 2.05) is 13.8 Å². The van der Waals surface area contributed by atoms with Crippen molar-refractivity contribution < 1.29 is 13.2 Å². The minimum Gasteiger partial charge on any atom is -0.378 e. The number of hydrogen-bond donors (Lipinski definition) is 1. The smallest absolute Gasteiger partial charge is 0.236 e. The summed E-state index contributed by atoms with van der Waals surface area (Å²) >= 11 is 5.96. The van der Waals surface area contributed by atoms with Gasteiger partial charge in [-0.25, -0.2) is 18.4 Å². The van der Waals surface area contributed by atoms with Gasteiger partial charge in [-0.15, -0.1) is 0 Å². The summed E-state index contributed by atoms with van der Waals surface area (Å²) in [7, 11) is -3.58. The quantitative estimate of drug-likeness (QED) is 0.880. The molecule has 0 spiro atoms. The summed E-state index contributed by atoms with van der Waals surface area (Å²) in [5, 5.41) is 0.0158. The largest absolute Gasteiger partial charge is 0.378 e. The Bertz CT molecular complexity index is 735. The van der Waals surface area contributed by atoms with Crippen molar-refractivity contribution in [3.05, 3.63) is 29.4 Å². The molecule has 6 nitrogen and oxygen atoms in total. The van der Waals surface area contributed by atoms with Gasteiger partial charge in [-0.1, -0.05) is 23.7 Å². The number of nitrogens with zero attached hydrogens (tertiary/aromatic N) is 2. The number of anilines is 1. The molecule has 1 heterocycles. The normalized spacial score (nSPS) is 12.0. The van der Waals surface area contributed by atoms with Crippen molar-refractivity contribution >= 4 is 38.5 Å². The Morgan fingerprint density at radius 1 is 1.24 bits per heavy atom. The van der Waals surface area contributed by atoms with E-state index in [0.717, 1.165) is 0 Å². The van der Waals surface area contributed by atoms with Crippen molar-refractivity contribution in [2.75, 3.05) is 17.1 Å². The third-order valence-corrected chi connectivity index (χ3v) is 4.06. The fraction of sp³-hybridized carbons (Fsp3) is 0.385. The molecule has 0 bridgehead atoms. The molecule has 0 fully saturated rings. The molecule has 2 rings (SSSR count). The number of fused-ring (bicyclic) bond motifs is 1. The maximum atomic E-state index is 12.0. The van der Waals surface area contributed by atoms with Gasteiger partial charge in [-0.05, 0) is 26.0 Å². The molecule has 0 aliphatic rings. The van der Waals surface area contributed by atoms with Crippen LogP contribution in [0, 0.1) is 0 Å². The molecule has 8 heteroatoms. The molecule has 0 unspecified atom stereocenters. The molecule has 1 N–H and O–H groups in total. The monoisotopic (exact) mass is 329 g/mol. The van der Waals surface area contributed by atoms with Gasteiger partial charge in [0.25, 0.3) is 0 Å². The number of benzene rings is 1. The predicted molar refractivity (Wildman–Crippen MR) is 83.0 cm³/mol. The Morgan fingerprint density at radius 2 is 1.86 bits per heavy atom. The van der Waals surface area contributed by atoms with Crippen LogP contribution in [0.25, 0.3) is 11.0 Å². The molecule has 114 valence electrons. The van der Waals surface area contributed by atoms with Crippen LogP contribution < -0.4 is 4.72 Å². The molecular weight excluding hydrogens is 314 g/mol. The molecule has 21 heavy (non-hydrogen) atoms. The average Bonchev–Trinajstić information content (AvgIpc) is 2.38. The first-order valence-electron chi connectivity index (χ1n) is 6.42. The molecule has 0 saturated carbocycles. The van der Waals surface area contributed by atoms with E-state index in [0.29, 0.717) is 11.0 Å². The Kier molecular flexibility index (Phi) is 4.97. The zero-order chi connectivity index (χ0) is 15.5. The summed E-state index contributed by atoms with van der Waals surface area (Å²) in [4.78, 5) is 8.29. The number of para-hydroxylation sites is 2. The number of ether oxygens (including phenoxy) is 1. The lowest BCUT2D eigenvalue weighted by Crippen LogP contribution is -2.22. The number of rotatable bonds is 6. The first kappa shape index (κ1) is 15.9. The van der Waals surface area contributed by atoms with Gasteiger partial charge in [-0.3, -0.25) is 4.72 Å². The molecule has 0 atom stereocenters. The first-order chi connectivity index (χ1) is 9.87. The van der Waals surface area contributed by atoms with Crippen molar-refractivity contribution in [1.29, 1.82) is 0 Å². The Morgan fingerprint density at radius 3 is 2.48 bits per heavy atom. The summed E-state index contributed by atoms with van der Waals surface area (Å²) in [5.74, 6) is -0.143. The van der Waals surface area contributed by atoms with E-state index in [9.17, 15) is 8.42 Å². The van der Waals surface area contributed by atoms with Crippen LogP contribution in [0.3, 0.4) is 0 Å². The van der Waals surface area contributed by atoms with Gasteiger partial charge < -0.3 is 4.74 Å². The highest BCUT2D eigenvalue weighted by Gasteiger charge is 2.15. The lowest BCUT2D eigenvalue weighted by atomic mass is 10.3. The van der Waals surface area contributed by atoms with Crippen molar-refractivity contribution in [3.8, 4) is 0 Å². The van der Waals surface area contributed by atoms with Crippen LogP contribution in [0.15, 0.2) is 24.3 Å². The Balaban J connectivity index is 2.16. The standard InChI is InChI=1S/C13H16ClN3O3S/c1-9(2)20-7-8-21(18,19)17-13-12(14)15-10-5-3-4-6-11(10)16-13/h3-6,9H,7-8H2,1-2H3,(H,16,17). The van der Waals surface area contributed by atoms with Crippen molar-refractivity contribution in [2.24, 2.45) is 0 Å². The zero-order valence-electron chi connectivity index (χ0n) is 11.7. The van der Waals surface area contributed by atoms with Crippen LogP contribution in [0.2, 0.25) is 5.15 Å². The van der Waals surface area contributed by atoms with Crippen LogP contribution in [-0.4, -0.2) is 36.8 Å². The topological polar surface area (TPSA) is 81.2 Å². The fourth-order valence-corrected chi connectivity index (χ4v) is 2.73. The minimum absolute atomic E-state index is 0.0158. The lowest BCUT2D eigenvalue weighted by Gasteiger charge is -2.10. The highest BCUT2D eigenvalue weighted by molar-refractivity contribution is 7.92. The van der Waals surface area contributed by atoms with Crippen molar-refractivity contribution in [2.45, 2.75) is 20.0 Å². The van der Waals surface area contributed by atoms with E-state index in [-0.39, 0.29) is 29.4 Å². The van der Waals surface area contributed by atoms with E-state index in [4.69, 9.17) is 16.3 Å². The van der Waals surface area contributed by atoms with Gasteiger partial charge in [0.1, 0.15) is 0 Å². The maximum Gasteiger partial charge on any atom is 0.236 e. The van der Waals surface area contributed by atoms with E-state index in [1.54, 1.807) is 24.3 Å². The Hall–Kier alpha value is -1.44. The van der Waals surface area contributed by atoms with Crippen molar-refractivity contribution in [3.63, 3.8) is 0 Å². The highest BCUT2D eigenvalue weighted by Crippen LogP contribution is 2.21. The summed E-state index contributed by atoms with van der Waals surface area (Å²) in [5.41, 5.74) is 1.17. The third kappa shape index (κ3) is 4.52. The third-order valence-electron chi connectivity index (χ3n) is 2.58. The van der Waals surface area contributed by atoms with E-state index >= 15 is 0 Å². The SMILES string of the molecule is CC(C)OCCS(=O)(=O)Nc1nc2ccccc2nc1Cl. The van der Waals surface area contributed by atoms with Gasteiger partial charge >= 0.3 is 0 Å². The molecule has 0 saturated heterocycles. The molecule has 1 aromatic carbocycles. The molecule has 0 amide bonds. The Labute approximate surface area is 128 Å². The van der Waals surface area contributed by atoms with Gasteiger partial charge in [0, 0.05) is 0 Å². The number of halogens is 1. The van der Waals surface area contributed by atoms with Crippen LogP contribution in [0.1, 0.15) is 13.8 Å². The van der Waals surface area contributed by atoms with Gasteiger partial charge in [0.05, 0.1) is 29.5 Å². The van der Waals surface area contributed by atoms with Gasteiger partial charge in [-0.2, -0.15) is 0 Å². The first-order valence-corrected chi connectivity index (χ1v) is 8.45. The molecule has 0 aliphatic heterocycles. The van der Waals surface area contributed by atoms with E-state index < -0.39 is 10.0 Å².